The molecular weight excluding hydrogens is 157 g/mol. The minimum atomic E-state index is 0. The molecule has 0 aromatic carbocycles. The summed E-state index contributed by atoms with van der Waals surface area (Å²) >= 11 is 0. The van der Waals surface area contributed by atoms with Crippen LogP contribution in [0.15, 0.2) is 0 Å². The van der Waals surface area contributed by atoms with Gasteiger partial charge in [-0.2, -0.15) is 0 Å². The monoisotopic (exact) mass is 161 g/mol. The van der Waals surface area contributed by atoms with E-state index in [1.54, 1.807) is 0 Å². The largest absolute Gasteiger partial charge is 0.870 e. The van der Waals surface area contributed by atoms with Crippen LogP contribution in [0, 0.1) is 0 Å². The van der Waals surface area contributed by atoms with Gasteiger partial charge in [-0.05, 0) is 0 Å². The SMILES string of the molecule is [Nb].[OH-].[OH-].[OH-].[OH-]. The fraction of sp³-hybridized carbons (Fsp3) is 0. The Morgan fingerprint density at radius 3 is 0.400 bits per heavy atom. The van der Waals surface area contributed by atoms with E-state index in [0.717, 1.165) is 0 Å². The molecule has 4 N–H and O–H groups in total. The molecule has 5 heavy (non-hydrogen) atoms. The number of hydrogen-bond donors (Lipinski definition) is 0. The quantitative estimate of drug-likeness (QED) is 0.435. The third-order valence-electron chi connectivity index (χ3n) is 0. The minimum absolute atomic E-state index is 0. The van der Waals surface area contributed by atoms with Crippen LogP contribution in [0.2, 0.25) is 0 Å². The van der Waals surface area contributed by atoms with E-state index in [9.17, 15) is 0 Å². The van der Waals surface area contributed by atoms with E-state index < -0.39 is 0 Å². The van der Waals surface area contributed by atoms with Gasteiger partial charge in [-0.15, -0.1) is 0 Å². The third-order valence-corrected chi connectivity index (χ3v) is 0. The van der Waals surface area contributed by atoms with Crippen molar-refractivity contribution in [3.05, 3.63) is 0 Å². The zero-order valence-electron chi connectivity index (χ0n) is 2.24. The van der Waals surface area contributed by atoms with Crippen molar-refractivity contribution in [3.8, 4) is 0 Å². The van der Waals surface area contributed by atoms with Gasteiger partial charge in [-0.3, -0.25) is 0 Å². The molecule has 0 aliphatic rings. The molecule has 0 atom stereocenters. The molecule has 0 aliphatic carbocycles. The van der Waals surface area contributed by atoms with Gasteiger partial charge in [0.1, 0.15) is 0 Å². The van der Waals surface area contributed by atoms with Gasteiger partial charge in [0.05, 0.1) is 0 Å². The van der Waals surface area contributed by atoms with E-state index in [-0.39, 0.29) is 44.3 Å². The fourth-order valence-corrected chi connectivity index (χ4v) is 0. The summed E-state index contributed by atoms with van der Waals surface area (Å²) in [4.78, 5) is 0. The molecule has 0 spiro atoms. The van der Waals surface area contributed by atoms with Gasteiger partial charge < -0.3 is 21.9 Å². The second-order valence-electron chi connectivity index (χ2n) is 0. The summed E-state index contributed by atoms with van der Waals surface area (Å²) < 4.78 is 0. The molecule has 0 heterocycles. The first-order chi connectivity index (χ1) is 0. The van der Waals surface area contributed by atoms with Crippen molar-refractivity contribution >= 4 is 0 Å². The molecule has 0 saturated heterocycles. The average Bonchev–Trinajstić information content (AvgIpc) is 0. The normalized spacial score (nSPS) is 0. The second kappa shape index (κ2) is 174. The first-order valence-corrected chi connectivity index (χ1v) is 0. The summed E-state index contributed by atoms with van der Waals surface area (Å²) in [5.74, 6) is 0. The van der Waals surface area contributed by atoms with Crippen molar-refractivity contribution < 1.29 is 44.3 Å². The summed E-state index contributed by atoms with van der Waals surface area (Å²) in [5, 5.41) is 0. The maximum absolute atomic E-state index is 0. The van der Waals surface area contributed by atoms with Gasteiger partial charge in [0.15, 0.2) is 0 Å². The predicted octanol–water partition coefficient (Wildman–Crippen LogP) is -0.710. The molecule has 4 nitrogen and oxygen atoms in total. The Hall–Kier alpha value is 0.580. The molecule has 0 aliphatic heterocycles. The Bertz CT molecular complexity index is 3.61. The predicted molar refractivity (Wildman–Crippen MR) is 7.74 cm³/mol. The molecule has 0 amide bonds. The Kier molecular flexibility index (Phi) is 12100. The van der Waals surface area contributed by atoms with Crippen molar-refractivity contribution in [2.75, 3.05) is 0 Å². The van der Waals surface area contributed by atoms with E-state index in [2.05, 4.69) is 0 Å². The molecule has 37 valence electrons. The van der Waals surface area contributed by atoms with Crippen LogP contribution in [0.4, 0.5) is 0 Å². The van der Waals surface area contributed by atoms with Gasteiger partial charge in [0.25, 0.3) is 0 Å². The third kappa shape index (κ3) is 90.6. The van der Waals surface area contributed by atoms with Crippen LogP contribution < -0.4 is 0 Å². The van der Waals surface area contributed by atoms with Crippen LogP contribution in [-0.4, -0.2) is 21.9 Å². The van der Waals surface area contributed by atoms with Gasteiger partial charge in [-0.1, -0.05) is 0 Å². The first-order valence-electron chi connectivity index (χ1n) is 0. The van der Waals surface area contributed by atoms with Crippen LogP contribution in [0.3, 0.4) is 0 Å². The van der Waals surface area contributed by atoms with Crippen molar-refractivity contribution in [3.63, 3.8) is 0 Å². The molecule has 1 radical (unpaired) electrons. The molecule has 0 rings (SSSR count). The van der Waals surface area contributed by atoms with Crippen LogP contribution in [-0.2, 0) is 22.4 Å². The summed E-state index contributed by atoms with van der Waals surface area (Å²) in [6, 6.07) is 0. The summed E-state index contributed by atoms with van der Waals surface area (Å²) in [6.45, 7) is 0. The van der Waals surface area contributed by atoms with E-state index >= 15 is 0 Å². The van der Waals surface area contributed by atoms with Gasteiger partial charge >= 0.3 is 0 Å². The number of hydrogen-bond acceptors (Lipinski definition) is 4. The van der Waals surface area contributed by atoms with Gasteiger partial charge in [0.2, 0.25) is 0 Å². The minimum Gasteiger partial charge on any atom is -0.870 e. The first kappa shape index (κ1) is 348. The Labute approximate surface area is 44.9 Å². The molecule has 0 saturated carbocycles. The van der Waals surface area contributed by atoms with E-state index in [0.29, 0.717) is 0 Å². The molecule has 0 fully saturated rings. The van der Waals surface area contributed by atoms with Crippen LogP contribution in [0.1, 0.15) is 0 Å². The summed E-state index contributed by atoms with van der Waals surface area (Å²) in [6.07, 6.45) is 0. The molecule has 5 heteroatoms. The standard InChI is InChI=1S/Nb.4H2O/h;4*1H2/p-4. The Morgan fingerprint density at radius 2 is 0.400 bits per heavy atom. The smallest absolute Gasteiger partial charge is 0 e. The number of rotatable bonds is 0. The molecule has 0 unspecified atom stereocenters. The van der Waals surface area contributed by atoms with E-state index in [1.165, 1.54) is 0 Å². The molecular formula is H4NbO4-4. The van der Waals surface area contributed by atoms with E-state index in [1.807, 2.05) is 0 Å². The second-order valence-corrected chi connectivity index (χ2v) is 0. The van der Waals surface area contributed by atoms with E-state index in [4.69, 9.17) is 0 Å². The van der Waals surface area contributed by atoms with Crippen molar-refractivity contribution in [2.45, 2.75) is 0 Å². The average molecular weight is 161 g/mol. The van der Waals surface area contributed by atoms with Crippen molar-refractivity contribution in [1.82, 2.24) is 0 Å². The summed E-state index contributed by atoms with van der Waals surface area (Å²) in [5.41, 5.74) is 0. The van der Waals surface area contributed by atoms with Crippen LogP contribution in [0.25, 0.3) is 0 Å². The molecule has 0 aromatic rings. The van der Waals surface area contributed by atoms with Crippen molar-refractivity contribution in [1.29, 1.82) is 0 Å². The summed E-state index contributed by atoms with van der Waals surface area (Å²) in [7, 11) is 0. The van der Waals surface area contributed by atoms with Crippen molar-refractivity contribution in [2.24, 2.45) is 0 Å². The zero-order valence-corrected chi connectivity index (χ0v) is 4.43. The maximum Gasteiger partial charge on any atom is 0 e. The Balaban J connectivity index is 0. The zero-order chi connectivity index (χ0) is 0. The van der Waals surface area contributed by atoms with Crippen LogP contribution in [0.5, 0.6) is 0 Å². The topological polar surface area (TPSA) is 120 Å². The molecule has 0 aromatic heterocycles. The fourth-order valence-electron chi connectivity index (χ4n) is 0. The van der Waals surface area contributed by atoms with Gasteiger partial charge in [0, 0.05) is 22.4 Å². The Morgan fingerprint density at radius 1 is 0.400 bits per heavy atom. The van der Waals surface area contributed by atoms with Crippen LogP contribution >= 0.6 is 0 Å². The maximum atomic E-state index is 0. The van der Waals surface area contributed by atoms with Gasteiger partial charge in [-0.25, -0.2) is 0 Å². The molecule has 0 bridgehead atoms.